The van der Waals surface area contributed by atoms with E-state index in [1.807, 2.05) is 0 Å². The summed E-state index contributed by atoms with van der Waals surface area (Å²) >= 11 is 0. The van der Waals surface area contributed by atoms with Gasteiger partial charge in [0.25, 0.3) is 0 Å². The van der Waals surface area contributed by atoms with E-state index in [4.69, 9.17) is 5.73 Å². The van der Waals surface area contributed by atoms with Crippen LogP contribution in [-0.2, 0) is 12.7 Å². The minimum atomic E-state index is -4.34. The molecule has 0 amide bonds. The molecule has 21 heavy (non-hydrogen) atoms. The molecule has 1 heterocycles. The summed E-state index contributed by atoms with van der Waals surface area (Å²) in [5, 5.41) is 0. The van der Waals surface area contributed by atoms with Gasteiger partial charge in [-0.3, -0.25) is 0 Å². The van der Waals surface area contributed by atoms with E-state index >= 15 is 0 Å². The van der Waals surface area contributed by atoms with Gasteiger partial charge >= 0.3 is 6.18 Å². The lowest BCUT2D eigenvalue weighted by Crippen LogP contribution is -2.42. The zero-order valence-electron chi connectivity index (χ0n) is 12.0. The first-order valence-corrected chi connectivity index (χ1v) is 7.67. The predicted octanol–water partition coefficient (Wildman–Crippen LogP) is 3.93. The van der Waals surface area contributed by atoms with Gasteiger partial charge in [0.05, 0.1) is 5.56 Å². The summed E-state index contributed by atoms with van der Waals surface area (Å²) in [6.07, 6.45) is 1.46. The lowest BCUT2D eigenvalue weighted by atomic mass is 9.91. The maximum atomic E-state index is 13.2. The van der Waals surface area contributed by atoms with Gasteiger partial charge in [0.1, 0.15) is 0 Å². The third-order valence-electron chi connectivity index (χ3n) is 4.94. The number of piperidine rings is 1. The number of anilines is 1. The summed E-state index contributed by atoms with van der Waals surface area (Å²) in [7, 11) is 0. The normalized spacial score (nSPS) is 26.0. The monoisotopic (exact) mass is 298 g/mol. The Morgan fingerprint density at radius 2 is 1.90 bits per heavy atom. The summed E-state index contributed by atoms with van der Waals surface area (Å²) in [6.45, 7) is 0.779. The molecule has 0 aromatic heterocycles. The van der Waals surface area contributed by atoms with Gasteiger partial charge in [-0.2, -0.15) is 13.2 Å². The van der Waals surface area contributed by atoms with E-state index in [9.17, 15) is 13.2 Å². The number of alkyl halides is 3. The molecule has 2 aliphatic rings. The van der Waals surface area contributed by atoms with Gasteiger partial charge < -0.3 is 10.6 Å². The van der Waals surface area contributed by atoms with Crippen LogP contribution in [0.2, 0.25) is 0 Å². The Labute approximate surface area is 123 Å². The van der Waals surface area contributed by atoms with Crippen LogP contribution in [-0.4, -0.2) is 12.6 Å². The highest BCUT2D eigenvalue weighted by Gasteiger charge is 2.37. The van der Waals surface area contributed by atoms with Crippen LogP contribution in [0.4, 0.5) is 18.9 Å². The Bertz CT molecular complexity index is 513. The van der Waals surface area contributed by atoms with Crippen LogP contribution in [0.5, 0.6) is 0 Å². The van der Waals surface area contributed by atoms with Crippen LogP contribution in [0.15, 0.2) is 18.2 Å². The Morgan fingerprint density at radius 1 is 1.14 bits per heavy atom. The number of fused-ring (bicyclic) bond motifs is 1. The first-order chi connectivity index (χ1) is 10.0. The van der Waals surface area contributed by atoms with Crippen molar-refractivity contribution in [2.45, 2.75) is 50.9 Å². The number of hydrogen-bond donors (Lipinski definition) is 1. The van der Waals surface area contributed by atoms with Gasteiger partial charge in [-0.15, -0.1) is 0 Å². The topological polar surface area (TPSA) is 29.3 Å². The average molecular weight is 298 g/mol. The standard InChI is InChI=1S/C16H21F3N2/c17-16(18,19)14-9-13(7-6-12(14)10-20)21-8-2-4-11-3-1-5-15(11)21/h6-7,9,11,15H,1-5,8,10,20H2. The van der Waals surface area contributed by atoms with Crippen LogP contribution >= 0.6 is 0 Å². The molecule has 2 nitrogen and oxygen atoms in total. The molecule has 2 N–H and O–H groups in total. The Kier molecular flexibility index (Phi) is 3.86. The van der Waals surface area contributed by atoms with Crippen molar-refractivity contribution >= 4 is 5.69 Å². The number of nitrogens with two attached hydrogens (primary N) is 1. The summed E-state index contributed by atoms with van der Waals surface area (Å²) in [4.78, 5) is 2.19. The third-order valence-corrected chi connectivity index (χ3v) is 4.94. The van der Waals surface area contributed by atoms with Crippen LogP contribution < -0.4 is 10.6 Å². The van der Waals surface area contributed by atoms with Gasteiger partial charge in [0.15, 0.2) is 0 Å². The number of hydrogen-bond acceptors (Lipinski definition) is 2. The zero-order valence-corrected chi connectivity index (χ0v) is 12.0. The van der Waals surface area contributed by atoms with Crippen LogP contribution in [0.3, 0.4) is 0 Å². The van der Waals surface area contributed by atoms with Gasteiger partial charge in [-0.1, -0.05) is 12.5 Å². The first kappa shape index (κ1) is 14.7. The minimum Gasteiger partial charge on any atom is -0.368 e. The van der Waals surface area contributed by atoms with E-state index in [1.54, 1.807) is 6.07 Å². The number of rotatable bonds is 2. The highest BCUT2D eigenvalue weighted by Crippen LogP contribution is 2.41. The second-order valence-corrected chi connectivity index (χ2v) is 6.14. The molecule has 2 unspecified atom stereocenters. The summed E-state index contributed by atoms with van der Waals surface area (Å²) in [5.74, 6) is 0.655. The second kappa shape index (κ2) is 5.52. The van der Waals surface area contributed by atoms with Gasteiger partial charge in [-0.25, -0.2) is 0 Å². The van der Waals surface area contributed by atoms with Crippen molar-refractivity contribution in [2.24, 2.45) is 11.7 Å². The Balaban J connectivity index is 1.95. The summed E-state index contributed by atoms with van der Waals surface area (Å²) in [6, 6.07) is 5.06. The van der Waals surface area contributed by atoms with Crippen molar-refractivity contribution < 1.29 is 13.2 Å². The lowest BCUT2D eigenvalue weighted by Gasteiger charge is -2.40. The fraction of sp³-hybridized carbons (Fsp3) is 0.625. The maximum absolute atomic E-state index is 13.2. The Hall–Kier alpha value is -1.23. The molecule has 1 aromatic carbocycles. The highest BCUT2D eigenvalue weighted by molar-refractivity contribution is 5.53. The minimum absolute atomic E-state index is 0.0822. The largest absolute Gasteiger partial charge is 0.416 e. The van der Waals surface area contributed by atoms with Crippen molar-refractivity contribution in [1.82, 2.24) is 0 Å². The molecule has 0 spiro atoms. The average Bonchev–Trinajstić information content (AvgIpc) is 2.94. The van der Waals surface area contributed by atoms with Crippen molar-refractivity contribution in [3.05, 3.63) is 29.3 Å². The third kappa shape index (κ3) is 2.76. The molecule has 2 fully saturated rings. The molecule has 0 bridgehead atoms. The second-order valence-electron chi connectivity index (χ2n) is 6.14. The molecule has 1 saturated carbocycles. The molecule has 1 aliphatic carbocycles. The van der Waals surface area contributed by atoms with Crippen molar-refractivity contribution in [3.8, 4) is 0 Å². The summed E-state index contributed by atoms with van der Waals surface area (Å²) in [5.41, 5.74) is 5.74. The molecule has 0 radical (unpaired) electrons. The van der Waals surface area contributed by atoms with Gasteiger partial charge in [0.2, 0.25) is 0 Å². The molecule has 3 rings (SSSR count). The Morgan fingerprint density at radius 3 is 2.62 bits per heavy atom. The number of benzene rings is 1. The van der Waals surface area contributed by atoms with E-state index in [-0.39, 0.29) is 12.1 Å². The molecule has 1 aliphatic heterocycles. The van der Waals surface area contributed by atoms with Crippen LogP contribution in [0.1, 0.15) is 43.2 Å². The van der Waals surface area contributed by atoms with Gasteiger partial charge in [-0.05, 0) is 49.3 Å². The predicted molar refractivity (Wildman–Crippen MR) is 77.0 cm³/mol. The summed E-state index contributed by atoms with van der Waals surface area (Å²) < 4.78 is 39.5. The number of nitrogens with zero attached hydrogens (tertiary/aromatic N) is 1. The van der Waals surface area contributed by atoms with Gasteiger partial charge in [0, 0.05) is 24.8 Å². The van der Waals surface area contributed by atoms with Crippen molar-refractivity contribution in [1.29, 1.82) is 0 Å². The smallest absolute Gasteiger partial charge is 0.368 e. The molecular formula is C16H21F3N2. The van der Waals surface area contributed by atoms with E-state index in [0.29, 0.717) is 17.6 Å². The first-order valence-electron chi connectivity index (χ1n) is 7.67. The maximum Gasteiger partial charge on any atom is 0.416 e. The molecule has 1 saturated heterocycles. The lowest BCUT2D eigenvalue weighted by molar-refractivity contribution is -0.138. The highest BCUT2D eigenvalue weighted by atomic mass is 19.4. The fourth-order valence-corrected chi connectivity index (χ4v) is 3.96. The molecule has 2 atom stereocenters. The van der Waals surface area contributed by atoms with E-state index in [2.05, 4.69) is 4.90 Å². The van der Waals surface area contributed by atoms with Crippen molar-refractivity contribution in [3.63, 3.8) is 0 Å². The molecular weight excluding hydrogens is 277 g/mol. The van der Waals surface area contributed by atoms with E-state index in [0.717, 1.165) is 19.4 Å². The molecule has 116 valence electrons. The number of halogens is 3. The van der Waals surface area contributed by atoms with Crippen molar-refractivity contribution in [2.75, 3.05) is 11.4 Å². The molecule has 5 heteroatoms. The SMILES string of the molecule is NCc1ccc(N2CCCC3CCCC32)cc1C(F)(F)F. The van der Waals surface area contributed by atoms with Crippen LogP contribution in [0, 0.1) is 5.92 Å². The van der Waals surface area contributed by atoms with Crippen LogP contribution in [0.25, 0.3) is 0 Å². The van der Waals surface area contributed by atoms with E-state index in [1.165, 1.54) is 31.4 Å². The zero-order chi connectivity index (χ0) is 15.0. The quantitative estimate of drug-likeness (QED) is 0.896. The van der Waals surface area contributed by atoms with E-state index < -0.39 is 11.7 Å². The molecule has 1 aromatic rings. The fourth-order valence-electron chi connectivity index (χ4n) is 3.96.